The molecule has 0 radical (unpaired) electrons. The highest BCUT2D eigenvalue weighted by Crippen LogP contribution is 2.47. The van der Waals surface area contributed by atoms with Crippen LogP contribution in [0, 0.1) is 0 Å². The lowest BCUT2D eigenvalue weighted by Crippen LogP contribution is -2.65. The van der Waals surface area contributed by atoms with E-state index in [-0.39, 0.29) is 10.8 Å². The molecule has 0 saturated heterocycles. The lowest BCUT2D eigenvalue weighted by atomic mass is 9.73. The van der Waals surface area contributed by atoms with Crippen LogP contribution in [0.25, 0.3) is 0 Å². The number of hydrogen-bond donors (Lipinski definition) is 2. The van der Waals surface area contributed by atoms with Crippen molar-refractivity contribution in [2.45, 2.75) is 29.7 Å². The monoisotopic (exact) mass is 388 g/mol. The number of likely N-dealkylation sites (N-methyl/N-ethyl adjacent to an activating group) is 2. The Morgan fingerprint density at radius 3 is 2.41 bits per heavy atom. The summed E-state index contributed by atoms with van der Waals surface area (Å²) in [5.41, 5.74) is 0.781. The molecule has 9 nitrogen and oxygen atoms in total. The second-order valence-corrected chi connectivity index (χ2v) is 8.47. The average molecular weight is 388 g/mol. The molecule has 1 aromatic heterocycles. The molecule has 10 heteroatoms. The van der Waals surface area contributed by atoms with Gasteiger partial charge in [-0.25, -0.2) is 18.5 Å². The summed E-state index contributed by atoms with van der Waals surface area (Å²) in [6, 6.07) is 6.01. The van der Waals surface area contributed by atoms with Crippen LogP contribution < -0.4 is 20.3 Å². The van der Waals surface area contributed by atoms with E-state index in [4.69, 9.17) is 5.14 Å². The van der Waals surface area contributed by atoms with Crippen LogP contribution >= 0.6 is 0 Å². The van der Waals surface area contributed by atoms with E-state index in [2.05, 4.69) is 15.3 Å². The first-order valence-electron chi connectivity index (χ1n) is 8.51. The number of carbonyl (C=O) groups excluding carboxylic acids is 1. The van der Waals surface area contributed by atoms with Gasteiger partial charge in [-0.1, -0.05) is 0 Å². The molecule has 1 aliphatic heterocycles. The van der Waals surface area contributed by atoms with E-state index in [9.17, 15) is 13.2 Å². The number of sulfonamides is 1. The minimum absolute atomic E-state index is 0.0335. The number of fused-ring (bicyclic) bond motifs is 1. The third-order valence-corrected chi connectivity index (χ3v) is 6.32. The van der Waals surface area contributed by atoms with Gasteiger partial charge in [0, 0.05) is 19.8 Å². The first-order chi connectivity index (χ1) is 12.7. The molecule has 3 N–H and O–H groups in total. The Morgan fingerprint density at radius 1 is 1.19 bits per heavy atom. The smallest absolute Gasteiger partial charge is 0.252 e. The van der Waals surface area contributed by atoms with Crippen molar-refractivity contribution in [3.8, 4) is 0 Å². The maximum absolute atomic E-state index is 12.7. The van der Waals surface area contributed by atoms with Gasteiger partial charge in [0.1, 0.15) is 11.2 Å². The normalized spacial score (nSPS) is 18.3. The molecule has 1 aliphatic carbocycles. The molecule has 4 rings (SSSR count). The fourth-order valence-electron chi connectivity index (χ4n) is 3.60. The van der Waals surface area contributed by atoms with Gasteiger partial charge >= 0.3 is 0 Å². The summed E-state index contributed by atoms with van der Waals surface area (Å²) in [4.78, 5) is 25.2. The minimum Gasteiger partial charge on any atom is -0.343 e. The molecule has 2 aliphatic rings. The Bertz CT molecular complexity index is 1020. The number of benzene rings is 1. The second kappa shape index (κ2) is 5.89. The minimum atomic E-state index is -3.74. The maximum atomic E-state index is 12.7. The van der Waals surface area contributed by atoms with Crippen molar-refractivity contribution in [1.29, 1.82) is 0 Å². The number of nitrogens with two attached hydrogens (primary N) is 1. The van der Waals surface area contributed by atoms with Gasteiger partial charge in [0.25, 0.3) is 5.91 Å². The van der Waals surface area contributed by atoms with Crippen molar-refractivity contribution in [1.82, 2.24) is 9.97 Å². The Labute approximate surface area is 157 Å². The predicted molar refractivity (Wildman–Crippen MR) is 102 cm³/mol. The molecule has 1 spiro atoms. The van der Waals surface area contributed by atoms with Crippen molar-refractivity contribution in [3.05, 3.63) is 30.5 Å². The van der Waals surface area contributed by atoms with Crippen LogP contribution in [0.5, 0.6) is 0 Å². The molecule has 27 heavy (non-hydrogen) atoms. The highest BCUT2D eigenvalue weighted by atomic mass is 32.2. The van der Waals surface area contributed by atoms with Gasteiger partial charge < -0.3 is 15.1 Å². The number of hydrogen-bond acceptors (Lipinski definition) is 7. The highest BCUT2D eigenvalue weighted by molar-refractivity contribution is 7.89. The van der Waals surface area contributed by atoms with E-state index < -0.39 is 15.6 Å². The van der Waals surface area contributed by atoms with Gasteiger partial charge in [0.15, 0.2) is 5.82 Å². The Morgan fingerprint density at radius 2 is 1.85 bits per heavy atom. The van der Waals surface area contributed by atoms with E-state index >= 15 is 0 Å². The van der Waals surface area contributed by atoms with Crippen LogP contribution in [0.15, 0.2) is 35.4 Å². The van der Waals surface area contributed by atoms with Crippen LogP contribution in [-0.4, -0.2) is 43.9 Å². The van der Waals surface area contributed by atoms with Gasteiger partial charge in [-0.3, -0.25) is 4.79 Å². The first-order valence-corrected chi connectivity index (χ1v) is 10.1. The number of aromatic nitrogens is 2. The third kappa shape index (κ3) is 2.72. The van der Waals surface area contributed by atoms with Crippen molar-refractivity contribution in [2.75, 3.05) is 29.2 Å². The van der Waals surface area contributed by atoms with Crippen molar-refractivity contribution in [3.63, 3.8) is 0 Å². The van der Waals surface area contributed by atoms with Crippen LogP contribution in [0.2, 0.25) is 0 Å². The van der Waals surface area contributed by atoms with E-state index in [0.717, 1.165) is 19.3 Å². The summed E-state index contributed by atoms with van der Waals surface area (Å²) < 4.78 is 22.7. The lowest BCUT2D eigenvalue weighted by Gasteiger charge is -2.52. The van der Waals surface area contributed by atoms with E-state index in [0.29, 0.717) is 23.1 Å². The predicted octanol–water partition coefficient (Wildman–Crippen LogP) is 1.20. The van der Waals surface area contributed by atoms with Crippen LogP contribution in [-0.2, 0) is 14.8 Å². The number of amides is 1. The third-order valence-electron chi connectivity index (χ3n) is 5.39. The fourth-order valence-corrected chi connectivity index (χ4v) is 4.11. The van der Waals surface area contributed by atoms with Crippen molar-refractivity contribution in [2.24, 2.45) is 5.14 Å². The highest BCUT2D eigenvalue weighted by Gasteiger charge is 2.53. The standard InChI is InChI=1S/C17H20N6O3S/c1-22-13-10-19-16(20-11-4-6-12(7-5-11)27(18,25)26)21-14(13)23(2)17(15(22)24)8-3-9-17/h4-7,10H,3,8-9H2,1-2H3,(H2,18,25,26)(H,19,20,21). The fraction of sp³-hybridized carbons (Fsp3) is 0.353. The molecule has 2 heterocycles. The van der Waals surface area contributed by atoms with Crippen LogP contribution in [0.4, 0.5) is 23.1 Å². The quantitative estimate of drug-likeness (QED) is 0.810. The maximum Gasteiger partial charge on any atom is 0.252 e. The number of primary sulfonamides is 1. The summed E-state index contributed by atoms with van der Waals surface area (Å²) in [6.07, 6.45) is 4.26. The number of nitrogens with one attached hydrogen (secondary N) is 1. The topological polar surface area (TPSA) is 122 Å². The largest absolute Gasteiger partial charge is 0.343 e. The zero-order valence-electron chi connectivity index (χ0n) is 15.0. The summed E-state index contributed by atoms with van der Waals surface area (Å²) in [7, 11) is -0.0996. The van der Waals surface area contributed by atoms with Gasteiger partial charge in [0.05, 0.1) is 11.1 Å². The SMILES string of the molecule is CN1C(=O)C2(CCC2)N(C)c2nc(Nc3ccc(S(N)(=O)=O)cc3)ncc21. The lowest BCUT2D eigenvalue weighted by molar-refractivity contribution is -0.126. The molecule has 0 bridgehead atoms. The molecule has 0 unspecified atom stereocenters. The van der Waals surface area contributed by atoms with Gasteiger partial charge in [-0.05, 0) is 43.5 Å². The molecule has 1 aromatic carbocycles. The molecule has 1 fully saturated rings. The van der Waals surface area contributed by atoms with Crippen molar-refractivity contribution < 1.29 is 13.2 Å². The first kappa shape index (κ1) is 17.7. The van der Waals surface area contributed by atoms with Gasteiger partial charge in [0.2, 0.25) is 16.0 Å². The Balaban J connectivity index is 1.64. The zero-order valence-corrected chi connectivity index (χ0v) is 15.8. The summed E-state index contributed by atoms with van der Waals surface area (Å²) in [5, 5.41) is 8.16. The second-order valence-electron chi connectivity index (χ2n) is 6.91. The summed E-state index contributed by atoms with van der Waals surface area (Å²) in [6.45, 7) is 0. The summed E-state index contributed by atoms with van der Waals surface area (Å²) >= 11 is 0. The van der Waals surface area contributed by atoms with Crippen LogP contribution in [0.3, 0.4) is 0 Å². The average Bonchev–Trinajstić information content (AvgIpc) is 2.58. The summed E-state index contributed by atoms with van der Waals surface area (Å²) in [5.74, 6) is 1.13. The molecular formula is C17H20N6O3S. The Kier molecular flexibility index (Phi) is 3.86. The van der Waals surface area contributed by atoms with Gasteiger partial charge in [-0.2, -0.15) is 4.98 Å². The van der Waals surface area contributed by atoms with E-state index in [1.165, 1.54) is 12.1 Å². The molecular weight excluding hydrogens is 368 g/mol. The molecule has 142 valence electrons. The number of carbonyl (C=O) groups is 1. The zero-order chi connectivity index (χ0) is 19.4. The van der Waals surface area contributed by atoms with E-state index in [1.807, 2.05) is 11.9 Å². The van der Waals surface area contributed by atoms with E-state index in [1.54, 1.807) is 30.3 Å². The number of anilines is 4. The molecule has 0 atom stereocenters. The van der Waals surface area contributed by atoms with Crippen molar-refractivity contribution >= 4 is 39.1 Å². The van der Waals surface area contributed by atoms with Crippen LogP contribution in [0.1, 0.15) is 19.3 Å². The molecule has 1 amide bonds. The van der Waals surface area contributed by atoms with Gasteiger partial charge in [-0.15, -0.1) is 0 Å². The number of rotatable bonds is 3. The number of nitrogens with zero attached hydrogens (tertiary/aromatic N) is 4. The Hall–Kier alpha value is -2.72. The molecule has 2 aromatic rings. The molecule has 1 saturated carbocycles.